The molecule has 5 nitrogen and oxygen atoms in total. The first kappa shape index (κ1) is 11.4. The monoisotopic (exact) mass is 226 g/mol. The molecule has 0 radical (unpaired) electrons. The summed E-state index contributed by atoms with van der Waals surface area (Å²) in [7, 11) is 0. The third kappa shape index (κ3) is 1.80. The molecule has 0 aliphatic carbocycles. The van der Waals surface area contributed by atoms with Gasteiger partial charge < -0.3 is 15.3 Å². The summed E-state index contributed by atoms with van der Waals surface area (Å²) in [4.78, 5) is 16.8. The minimum Gasteiger partial charge on any atom is -0.481 e. The van der Waals surface area contributed by atoms with Crippen molar-refractivity contribution in [2.75, 3.05) is 13.1 Å². The molecular weight excluding hydrogens is 208 g/mol. The van der Waals surface area contributed by atoms with Crippen molar-refractivity contribution in [3.8, 4) is 0 Å². The average Bonchev–Trinajstić information content (AvgIpc) is 2.82. The lowest BCUT2D eigenvalue weighted by Gasteiger charge is -2.39. The molecular formula is C11H18N2O3. The van der Waals surface area contributed by atoms with Gasteiger partial charge in [-0.3, -0.25) is 4.79 Å². The van der Waals surface area contributed by atoms with Crippen molar-refractivity contribution < 1.29 is 14.7 Å². The van der Waals surface area contributed by atoms with Crippen LogP contribution in [0.1, 0.15) is 26.2 Å². The van der Waals surface area contributed by atoms with Gasteiger partial charge in [0, 0.05) is 12.6 Å². The van der Waals surface area contributed by atoms with E-state index in [0.29, 0.717) is 6.42 Å². The van der Waals surface area contributed by atoms with Crippen LogP contribution in [0.4, 0.5) is 0 Å². The Labute approximate surface area is 94.8 Å². The lowest BCUT2D eigenvalue weighted by Crippen LogP contribution is -2.49. The van der Waals surface area contributed by atoms with E-state index in [1.54, 1.807) is 13.1 Å². The van der Waals surface area contributed by atoms with Crippen LogP contribution in [0, 0.1) is 11.3 Å². The molecule has 2 aliphatic rings. The Bertz CT molecular complexity index is 292. The van der Waals surface area contributed by atoms with E-state index in [0.717, 1.165) is 25.9 Å². The fourth-order valence-corrected chi connectivity index (χ4v) is 2.65. The summed E-state index contributed by atoms with van der Waals surface area (Å²) in [5.74, 6) is -0.604. The van der Waals surface area contributed by atoms with Gasteiger partial charge in [-0.05, 0) is 38.8 Å². The number of nitrogens with one attached hydrogen (secondary N) is 1. The van der Waals surface area contributed by atoms with E-state index >= 15 is 0 Å². The van der Waals surface area contributed by atoms with Crippen LogP contribution in [0.2, 0.25) is 0 Å². The molecule has 2 aliphatic heterocycles. The summed E-state index contributed by atoms with van der Waals surface area (Å²) in [5.41, 5.74) is -0.821. The van der Waals surface area contributed by atoms with E-state index in [9.17, 15) is 9.90 Å². The van der Waals surface area contributed by atoms with Gasteiger partial charge in [0.2, 0.25) is 0 Å². The first-order valence-electron chi connectivity index (χ1n) is 5.77. The molecule has 90 valence electrons. The van der Waals surface area contributed by atoms with Crippen molar-refractivity contribution in [2.45, 2.75) is 32.3 Å². The second-order valence-electron chi connectivity index (χ2n) is 4.73. The average molecular weight is 226 g/mol. The Balaban J connectivity index is 2.16. The van der Waals surface area contributed by atoms with Crippen molar-refractivity contribution in [2.24, 2.45) is 16.5 Å². The maximum Gasteiger partial charge on any atom is 0.313 e. The quantitative estimate of drug-likeness (QED) is 0.748. The molecule has 0 aromatic carbocycles. The summed E-state index contributed by atoms with van der Waals surface area (Å²) in [6, 6.07) is 0. The molecule has 1 saturated heterocycles. The molecule has 0 aromatic heterocycles. The molecule has 2 heterocycles. The second-order valence-corrected chi connectivity index (χ2v) is 4.73. The summed E-state index contributed by atoms with van der Waals surface area (Å²) in [6.07, 6.45) is 3.73. The van der Waals surface area contributed by atoms with E-state index < -0.39 is 11.4 Å². The highest BCUT2D eigenvalue weighted by Crippen LogP contribution is 2.41. The van der Waals surface area contributed by atoms with Crippen LogP contribution in [-0.2, 0) is 9.63 Å². The normalized spacial score (nSPS) is 29.7. The van der Waals surface area contributed by atoms with Crippen LogP contribution in [0.25, 0.3) is 0 Å². The van der Waals surface area contributed by atoms with Crippen molar-refractivity contribution in [1.82, 2.24) is 5.32 Å². The molecule has 16 heavy (non-hydrogen) atoms. The highest BCUT2D eigenvalue weighted by molar-refractivity contribution is 5.76. The van der Waals surface area contributed by atoms with Gasteiger partial charge in [0.1, 0.15) is 11.5 Å². The summed E-state index contributed by atoms with van der Waals surface area (Å²) < 4.78 is 0. The maximum atomic E-state index is 11.6. The lowest BCUT2D eigenvalue weighted by atomic mass is 9.68. The summed E-state index contributed by atoms with van der Waals surface area (Å²) in [5, 5.41) is 16.4. The molecule has 2 atom stereocenters. The smallest absolute Gasteiger partial charge is 0.313 e. The van der Waals surface area contributed by atoms with Crippen LogP contribution in [0.5, 0.6) is 0 Å². The Morgan fingerprint density at radius 3 is 2.75 bits per heavy atom. The molecule has 5 heteroatoms. The Kier molecular flexibility index (Phi) is 3.14. The molecule has 0 spiro atoms. The molecule has 0 bridgehead atoms. The second kappa shape index (κ2) is 4.41. The minimum absolute atomic E-state index is 0.165. The van der Waals surface area contributed by atoms with Crippen molar-refractivity contribution >= 4 is 12.2 Å². The molecule has 1 fully saturated rings. The van der Waals surface area contributed by atoms with E-state index in [1.807, 2.05) is 0 Å². The number of carbonyl (C=O) groups is 1. The van der Waals surface area contributed by atoms with E-state index in [4.69, 9.17) is 4.84 Å². The van der Waals surface area contributed by atoms with E-state index in [-0.39, 0.29) is 12.0 Å². The first-order chi connectivity index (χ1) is 7.65. The van der Waals surface area contributed by atoms with Gasteiger partial charge in [0.15, 0.2) is 0 Å². The van der Waals surface area contributed by atoms with Crippen LogP contribution in [0.3, 0.4) is 0 Å². The predicted molar refractivity (Wildman–Crippen MR) is 59.3 cm³/mol. The third-order valence-electron chi connectivity index (χ3n) is 3.90. The van der Waals surface area contributed by atoms with Gasteiger partial charge in [-0.25, -0.2) is 0 Å². The van der Waals surface area contributed by atoms with Crippen molar-refractivity contribution in [3.63, 3.8) is 0 Å². The molecule has 0 saturated carbocycles. The van der Waals surface area contributed by atoms with E-state index in [2.05, 4.69) is 10.5 Å². The van der Waals surface area contributed by atoms with Gasteiger partial charge >= 0.3 is 5.97 Å². The van der Waals surface area contributed by atoms with Crippen LogP contribution in [0.15, 0.2) is 5.16 Å². The molecule has 2 rings (SSSR count). The summed E-state index contributed by atoms with van der Waals surface area (Å²) in [6.45, 7) is 3.58. The first-order valence-corrected chi connectivity index (χ1v) is 5.77. The third-order valence-corrected chi connectivity index (χ3v) is 3.90. The lowest BCUT2D eigenvalue weighted by molar-refractivity contribution is -0.164. The fraction of sp³-hybridized carbons (Fsp3) is 0.818. The number of carboxylic acid groups (broad SMARTS) is 1. The van der Waals surface area contributed by atoms with Gasteiger partial charge in [0.25, 0.3) is 0 Å². The number of nitrogens with zero attached hydrogens (tertiary/aromatic N) is 1. The minimum atomic E-state index is -0.821. The zero-order valence-electron chi connectivity index (χ0n) is 9.48. The van der Waals surface area contributed by atoms with E-state index in [1.165, 1.54) is 0 Å². The number of hydrogen-bond donors (Lipinski definition) is 2. The van der Waals surface area contributed by atoms with Crippen molar-refractivity contribution in [1.29, 1.82) is 0 Å². The molecule has 0 aromatic rings. The summed E-state index contributed by atoms with van der Waals surface area (Å²) >= 11 is 0. The highest BCUT2D eigenvalue weighted by atomic mass is 16.6. The zero-order chi connectivity index (χ0) is 11.6. The van der Waals surface area contributed by atoms with Gasteiger partial charge in [-0.2, -0.15) is 0 Å². The number of aliphatic carboxylic acids is 1. The molecule has 0 amide bonds. The zero-order valence-corrected chi connectivity index (χ0v) is 9.48. The Morgan fingerprint density at radius 2 is 2.25 bits per heavy atom. The number of hydrogen-bond acceptors (Lipinski definition) is 4. The van der Waals surface area contributed by atoms with Gasteiger partial charge in [-0.1, -0.05) is 5.16 Å². The fourth-order valence-electron chi connectivity index (χ4n) is 2.65. The predicted octanol–water partition coefficient (Wildman–Crippen LogP) is 0.852. The van der Waals surface area contributed by atoms with Crippen molar-refractivity contribution in [3.05, 3.63) is 0 Å². The Morgan fingerprint density at radius 1 is 1.56 bits per heavy atom. The van der Waals surface area contributed by atoms with Gasteiger partial charge in [-0.15, -0.1) is 0 Å². The number of rotatable bonds is 3. The van der Waals surface area contributed by atoms with Crippen LogP contribution < -0.4 is 5.32 Å². The standard InChI is InChI=1S/C11H18N2O3/c1-11(10(14)15,9-4-7-13-16-9)8-2-5-12-6-3-8/h7-9,12H,2-6H2,1H3,(H,14,15). The number of oxime groups is 1. The Hall–Kier alpha value is -1.10. The topological polar surface area (TPSA) is 70.9 Å². The van der Waals surface area contributed by atoms with Crippen LogP contribution in [-0.4, -0.2) is 36.5 Å². The number of carboxylic acids is 1. The highest BCUT2D eigenvalue weighted by Gasteiger charge is 2.50. The molecule has 2 N–H and O–H groups in total. The maximum absolute atomic E-state index is 11.6. The van der Waals surface area contributed by atoms with Crippen LogP contribution >= 0.6 is 0 Å². The largest absolute Gasteiger partial charge is 0.481 e. The number of piperidine rings is 1. The SMILES string of the molecule is CC(C(=O)O)(C1CCNCC1)C1CC=NO1. The van der Waals surface area contributed by atoms with Gasteiger partial charge in [0.05, 0.1) is 0 Å². The molecule has 2 unspecified atom stereocenters.